The number of esters is 1. The second-order valence-electron chi connectivity index (χ2n) is 10.3. The van der Waals surface area contributed by atoms with Crippen LogP contribution in [0.1, 0.15) is 52.4 Å². The molecule has 1 aromatic carbocycles. The lowest BCUT2D eigenvalue weighted by molar-refractivity contribution is -0.152. The smallest absolute Gasteiger partial charge is 0.326 e. The molecule has 3 atom stereocenters. The maximum atomic E-state index is 12.4. The molecule has 9 nitrogen and oxygen atoms in total. The lowest BCUT2D eigenvalue weighted by atomic mass is 10.1. The number of rotatable bonds is 12. The third-order valence-corrected chi connectivity index (χ3v) is 6.10. The zero-order valence-electron chi connectivity index (χ0n) is 22.7. The molecule has 1 fully saturated rings. The lowest BCUT2D eigenvalue weighted by Crippen LogP contribution is -2.46. The van der Waals surface area contributed by atoms with Gasteiger partial charge in [0.25, 0.3) is 0 Å². The SMILES string of the molecule is CC(C)=C/C(=C\N(C)C=O)c1nc2cc(CN[C@H](C(=O)OC(C)C)[C@@H](C)O)ccc2n1CC1CCOC1. The second kappa shape index (κ2) is 13.0. The van der Waals surface area contributed by atoms with E-state index in [1.54, 1.807) is 34.0 Å². The van der Waals surface area contributed by atoms with E-state index in [4.69, 9.17) is 14.5 Å². The molecule has 1 saturated heterocycles. The number of ether oxygens (including phenoxy) is 2. The molecule has 2 N–H and O–H groups in total. The monoisotopic (exact) mass is 512 g/mol. The fraction of sp³-hybridized carbons (Fsp3) is 0.536. The molecule has 1 amide bonds. The van der Waals surface area contributed by atoms with Gasteiger partial charge in [0.2, 0.25) is 6.41 Å². The van der Waals surface area contributed by atoms with Crippen molar-refractivity contribution in [2.24, 2.45) is 5.92 Å². The molecule has 2 aromatic rings. The van der Waals surface area contributed by atoms with Crippen molar-refractivity contribution >= 4 is 29.0 Å². The van der Waals surface area contributed by atoms with Crippen molar-refractivity contribution in [2.45, 2.75) is 72.4 Å². The van der Waals surface area contributed by atoms with Crippen LogP contribution in [0.5, 0.6) is 0 Å². The summed E-state index contributed by atoms with van der Waals surface area (Å²) in [4.78, 5) is 30.3. The Bertz CT molecular complexity index is 1140. The van der Waals surface area contributed by atoms with E-state index < -0.39 is 18.1 Å². The number of nitrogens with zero attached hydrogens (tertiary/aromatic N) is 3. The van der Waals surface area contributed by atoms with Gasteiger partial charge in [0.1, 0.15) is 11.9 Å². The van der Waals surface area contributed by atoms with E-state index in [1.807, 2.05) is 38.1 Å². The first kappa shape index (κ1) is 28.6. The molecule has 2 heterocycles. The summed E-state index contributed by atoms with van der Waals surface area (Å²) in [7, 11) is 1.70. The topological polar surface area (TPSA) is 106 Å². The van der Waals surface area contributed by atoms with E-state index >= 15 is 0 Å². The van der Waals surface area contributed by atoms with Crippen LogP contribution in [0, 0.1) is 5.92 Å². The zero-order chi connectivity index (χ0) is 27.1. The van der Waals surface area contributed by atoms with E-state index in [9.17, 15) is 14.7 Å². The fourth-order valence-electron chi connectivity index (χ4n) is 4.38. The number of carbonyl (C=O) groups is 2. The Morgan fingerprint density at radius 1 is 1.35 bits per heavy atom. The normalized spacial score (nSPS) is 17.6. The highest BCUT2D eigenvalue weighted by Gasteiger charge is 2.26. The molecule has 0 saturated carbocycles. The Labute approximate surface area is 219 Å². The van der Waals surface area contributed by atoms with E-state index in [0.29, 0.717) is 19.1 Å². The van der Waals surface area contributed by atoms with Crippen LogP contribution in [-0.4, -0.2) is 70.4 Å². The van der Waals surface area contributed by atoms with Crippen LogP contribution in [0.4, 0.5) is 0 Å². The largest absolute Gasteiger partial charge is 0.462 e. The summed E-state index contributed by atoms with van der Waals surface area (Å²) in [6, 6.07) is 5.19. The van der Waals surface area contributed by atoms with Crippen molar-refractivity contribution in [3.8, 4) is 0 Å². The fourth-order valence-corrected chi connectivity index (χ4v) is 4.38. The quantitative estimate of drug-likeness (QED) is 0.255. The Hall–Kier alpha value is -3.01. The van der Waals surface area contributed by atoms with Crippen molar-refractivity contribution in [2.75, 3.05) is 20.3 Å². The minimum Gasteiger partial charge on any atom is -0.462 e. The average molecular weight is 513 g/mol. The number of hydrogen-bond acceptors (Lipinski definition) is 7. The van der Waals surface area contributed by atoms with Gasteiger partial charge in [0.15, 0.2) is 0 Å². The number of fused-ring (bicyclic) bond motifs is 1. The summed E-state index contributed by atoms with van der Waals surface area (Å²) in [5.41, 5.74) is 4.66. The Balaban J connectivity index is 1.98. The van der Waals surface area contributed by atoms with Crippen molar-refractivity contribution in [1.29, 1.82) is 0 Å². The first-order chi connectivity index (χ1) is 17.6. The third kappa shape index (κ3) is 7.74. The van der Waals surface area contributed by atoms with Gasteiger partial charge in [-0.1, -0.05) is 17.7 Å². The second-order valence-corrected chi connectivity index (χ2v) is 10.3. The first-order valence-electron chi connectivity index (χ1n) is 12.8. The number of nitrogens with one attached hydrogen (secondary N) is 1. The van der Waals surface area contributed by atoms with Crippen LogP contribution in [0.3, 0.4) is 0 Å². The van der Waals surface area contributed by atoms with E-state index in [0.717, 1.165) is 59.6 Å². The number of aliphatic hydroxyl groups is 1. The molecule has 9 heteroatoms. The number of imidazole rings is 1. The molecule has 0 bridgehead atoms. The van der Waals surface area contributed by atoms with Gasteiger partial charge in [-0.25, -0.2) is 4.98 Å². The minimum atomic E-state index is -0.902. The zero-order valence-corrected chi connectivity index (χ0v) is 22.7. The van der Waals surface area contributed by atoms with Gasteiger partial charge in [-0.05, 0) is 58.7 Å². The van der Waals surface area contributed by atoms with Crippen molar-refractivity contribution in [3.63, 3.8) is 0 Å². The molecule has 37 heavy (non-hydrogen) atoms. The van der Waals surface area contributed by atoms with E-state index in [2.05, 4.69) is 9.88 Å². The molecule has 1 unspecified atom stereocenters. The molecular weight excluding hydrogens is 472 g/mol. The maximum absolute atomic E-state index is 12.4. The number of carbonyl (C=O) groups excluding carboxylic acids is 2. The lowest BCUT2D eigenvalue weighted by Gasteiger charge is -2.21. The third-order valence-electron chi connectivity index (χ3n) is 6.10. The van der Waals surface area contributed by atoms with Gasteiger partial charge in [0.05, 0.1) is 29.8 Å². The van der Waals surface area contributed by atoms with Gasteiger partial charge < -0.3 is 24.0 Å². The van der Waals surface area contributed by atoms with Gasteiger partial charge >= 0.3 is 5.97 Å². The maximum Gasteiger partial charge on any atom is 0.326 e. The Morgan fingerprint density at radius 2 is 2.11 bits per heavy atom. The molecule has 0 aliphatic carbocycles. The van der Waals surface area contributed by atoms with Crippen LogP contribution < -0.4 is 5.32 Å². The number of aromatic nitrogens is 2. The molecule has 1 aliphatic heterocycles. The van der Waals surface area contributed by atoms with E-state index in [1.165, 1.54) is 4.90 Å². The summed E-state index contributed by atoms with van der Waals surface area (Å²) < 4.78 is 13.1. The summed E-state index contributed by atoms with van der Waals surface area (Å²) in [6.45, 7) is 11.7. The van der Waals surface area contributed by atoms with Crippen molar-refractivity contribution < 1.29 is 24.2 Å². The average Bonchev–Trinajstić information content (AvgIpc) is 3.46. The van der Waals surface area contributed by atoms with Gasteiger partial charge in [0, 0.05) is 44.4 Å². The van der Waals surface area contributed by atoms with E-state index in [-0.39, 0.29) is 6.10 Å². The van der Waals surface area contributed by atoms with Gasteiger partial charge in [-0.2, -0.15) is 0 Å². The molecular formula is C28H40N4O5. The predicted octanol–water partition coefficient (Wildman–Crippen LogP) is 3.26. The highest BCUT2D eigenvalue weighted by Crippen LogP contribution is 2.27. The summed E-state index contributed by atoms with van der Waals surface area (Å²) in [5.74, 6) is 0.685. The molecule has 0 spiro atoms. The van der Waals surface area contributed by atoms with Crippen molar-refractivity contribution in [1.82, 2.24) is 19.8 Å². The Kier molecular flexibility index (Phi) is 10.0. The van der Waals surface area contributed by atoms with Gasteiger partial charge in [-0.15, -0.1) is 0 Å². The summed E-state index contributed by atoms with van der Waals surface area (Å²) in [6.07, 6.45) is 4.41. The standard InChI is InChI=1S/C28H40N4O5/c1-18(2)11-23(15-31(6)17-33)27-30-24-12-21(13-29-26(20(5)34)28(35)37-19(3)4)7-8-25(24)32(27)14-22-9-10-36-16-22/h7-8,11-12,15,17,19-20,22,26,29,34H,9-10,13-14,16H2,1-6H3/b23-15+/t20-,22?,26+/m1/s1. The molecule has 3 rings (SSSR count). The minimum absolute atomic E-state index is 0.263. The molecule has 202 valence electrons. The van der Waals surface area contributed by atoms with Crippen LogP contribution in [0.2, 0.25) is 0 Å². The number of aliphatic hydroxyl groups excluding tert-OH is 1. The molecule has 0 radical (unpaired) electrons. The first-order valence-corrected chi connectivity index (χ1v) is 12.8. The number of hydrogen-bond donors (Lipinski definition) is 2. The van der Waals surface area contributed by atoms with Crippen LogP contribution >= 0.6 is 0 Å². The number of benzene rings is 1. The summed E-state index contributed by atoms with van der Waals surface area (Å²) >= 11 is 0. The number of allylic oxidation sites excluding steroid dienone is 3. The van der Waals surface area contributed by atoms with Crippen LogP contribution in [0.15, 0.2) is 36.0 Å². The number of amides is 1. The van der Waals surface area contributed by atoms with Crippen LogP contribution in [0.25, 0.3) is 16.6 Å². The van der Waals surface area contributed by atoms with Crippen molar-refractivity contribution in [3.05, 3.63) is 47.4 Å². The van der Waals surface area contributed by atoms with Crippen LogP contribution in [-0.2, 0) is 32.2 Å². The Morgan fingerprint density at radius 3 is 2.70 bits per heavy atom. The summed E-state index contributed by atoms with van der Waals surface area (Å²) in [5, 5.41) is 13.2. The van der Waals surface area contributed by atoms with Gasteiger partial charge in [-0.3, -0.25) is 14.9 Å². The molecule has 1 aliphatic rings. The highest BCUT2D eigenvalue weighted by molar-refractivity contribution is 5.83. The predicted molar refractivity (Wildman–Crippen MR) is 143 cm³/mol. The molecule has 1 aromatic heterocycles. The highest BCUT2D eigenvalue weighted by atomic mass is 16.5.